The second kappa shape index (κ2) is 5.14. The number of aromatic nitrogens is 2. The maximum Gasteiger partial charge on any atom is 0.229 e. The van der Waals surface area contributed by atoms with E-state index < -0.39 is 0 Å². The molecule has 5 nitrogen and oxygen atoms in total. The van der Waals surface area contributed by atoms with Gasteiger partial charge in [-0.25, -0.2) is 4.98 Å². The van der Waals surface area contributed by atoms with Crippen molar-refractivity contribution in [1.82, 2.24) is 9.36 Å². The second-order valence-corrected chi connectivity index (χ2v) is 5.93. The molecule has 1 saturated heterocycles. The number of nitrogens with zero attached hydrogens (tertiary/aromatic N) is 3. The van der Waals surface area contributed by atoms with Crippen LogP contribution in [0.4, 0.5) is 5.13 Å². The molecule has 1 aromatic heterocycles. The van der Waals surface area contributed by atoms with Crippen molar-refractivity contribution in [1.29, 1.82) is 0 Å². The molecule has 1 aliphatic rings. The van der Waals surface area contributed by atoms with Crippen LogP contribution >= 0.6 is 23.3 Å². The van der Waals surface area contributed by atoms with Crippen molar-refractivity contribution in [3.05, 3.63) is 5.82 Å². The number of carbonyl (C=O) groups excluding carboxylic acids is 2. The largest absolute Gasteiger partial charge is 0.288 e. The van der Waals surface area contributed by atoms with Crippen LogP contribution in [0.1, 0.15) is 19.2 Å². The molecule has 0 N–H and O–H groups in total. The van der Waals surface area contributed by atoms with E-state index in [0.717, 1.165) is 0 Å². The summed E-state index contributed by atoms with van der Waals surface area (Å²) in [6, 6.07) is 0. The highest BCUT2D eigenvalue weighted by Crippen LogP contribution is 2.28. The summed E-state index contributed by atoms with van der Waals surface area (Å²) < 4.78 is 4.07. The van der Waals surface area contributed by atoms with Gasteiger partial charge in [-0.2, -0.15) is 4.37 Å². The van der Waals surface area contributed by atoms with E-state index in [4.69, 9.17) is 0 Å². The van der Waals surface area contributed by atoms with Gasteiger partial charge in [0.05, 0.1) is 0 Å². The minimum Gasteiger partial charge on any atom is -0.288 e. The Morgan fingerprint density at radius 3 is 3.00 bits per heavy atom. The molecule has 2 rings (SSSR count). The topological polar surface area (TPSA) is 63.2 Å². The van der Waals surface area contributed by atoms with E-state index in [1.165, 1.54) is 23.3 Å². The van der Waals surface area contributed by atoms with Crippen LogP contribution in [0.15, 0.2) is 0 Å². The molecule has 1 fully saturated rings. The number of aryl methyl sites for hydroxylation is 1. The highest BCUT2D eigenvalue weighted by Gasteiger charge is 2.32. The minimum absolute atomic E-state index is 0.0790. The zero-order chi connectivity index (χ0) is 12.4. The highest BCUT2D eigenvalue weighted by atomic mass is 32.2. The van der Waals surface area contributed by atoms with Crippen molar-refractivity contribution < 1.29 is 9.59 Å². The summed E-state index contributed by atoms with van der Waals surface area (Å²) in [5.41, 5.74) is 0. The van der Waals surface area contributed by atoms with Crippen molar-refractivity contribution >= 4 is 39.4 Å². The number of thioether (sulfide) groups is 1. The van der Waals surface area contributed by atoms with Gasteiger partial charge < -0.3 is 0 Å². The molecule has 0 aliphatic carbocycles. The Kier molecular flexibility index (Phi) is 3.78. The second-order valence-electron chi connectivity index (χ2n) is 4.00. The lowest BCUT2D eigenvalue weighted by molar-refractivity contribution is -0.117. The van der Waals surface area contributed by atoms with Gasteiger partial charge in [-0.15, -0.1) is 0 Å². The first-order valence-electron chi connectivity index (χ1n) is 5.30. The molecule has 0 spiro atoms. The molecule has 1 unspecified atom stereocenters. The Morgan fingerprint density at radius 1 is 1.65 bits per heavy atom. The summed E-state index contributed by atoms with van der Waals surface area (Å²) in [5.74, 6) is 1.71. The molecule has 1 aliphatic heterocycles. The first-order chi connectivity index (χ1) is 8.06. The van der Waals surface area contributed by atoms with E-state index in [2.05, 4.69) is 9.36 Å². The zero-order valence-corrected chi connectivity index (χ0v) is 11.3. The molecule has 0 aromatic carbocycles. The summed E-state index contributed by atoms with van der Waals surface area (Å²) in [5, 5.41) is 0.769. The van der Waals surface area contributed by atoms with Crippen molar-refractivity contribution in [2.45, 2.75) is 20.3 Å². The normalized spacial score (nSPS) is 20.0. The molecule has 92 valence electrons. The number of hydrogen-bond donors (Lipinski definition) is 0. The van der Waals surface area contributed by atoms with Crippen LogP contribution in [-0.2, 0) is 9.59 Å². The fourth-order valence-corrected chi connectivity index (χ4v) is 3.11. The Morgan fingerprint density at radius 2 is 2.41 bits per heavy atom. The predicted molar refractivity (Wildman–Crippen MR) is 68.2 cm³/mol. The Labute approximate surface area is 108 Å². The number of carbonyl (C=O) groups is 2. The van der Waals surface area contributed by atoms with Crippen molar-refractivity contribution in [2.24, 2.45) is 5.92 Å². The molecule has 0 radical (unpaired) electrons. The lowest BCUT2D eigenvalue weighted by Gasteiger charge is -2.11. The molecule has 0 bridgehead atoms. The van der Waals surface area contributed by atoms with Crippen LogP contribution in [0.2, 0.25) is 0 Å². The van der Waals surface area contributed by atoms with Crippen LogP contribution in [0.5, 0.6) is 0 Å². The van der Waals surface area contributed by atoms with Gasteiger partial charge in [0.2, 0.25) is 11.0 Å². The van der Waals surface area contributed by atoms with Gasteiger partial charge in [-0.1, -0.05) is 11.8 Å². The summed E-state index contributed by atoms with van der Waals surface area (Å²) in [6.45, 7) is 4.00. The molecule has 1 atom stereocenters. The van der Waals surface area contributed by atoms with Crippen molar-refractivity contribution in [2.75, 3.05) is 17.2 Å². The third-order valence-corrected chi connectivity index (χ3v) is 4.35. The lowest BCUT2D eigenvalue weighted by atomic mass is 10.1. The molecule has 2 heterocycles. The molecule has 7 heteroatoms. The van der Waals surface area contributed by atoms with Crippen LogP contribution in [-0.4, -0.2) is 32.7 Å². The third-order valence-electron chi connectivity index (χ3n) is 2.48. The van der Waals surface area contributed by atoms with Crippen LogP contribution in [0.3, 0.4) is 0 Å². The predicted octanol–water partition coefficient (Wildman–Crippen LogP) is 1.48. The van der Waals surface area contributed by atoms with Gasteiger partial charge in [-0.3, -0.25) is 14.5 Å². The van der Waals surface area contributed by atoms with E-state index in [1.54, 1.807) is 11.8 Å². The maximum atomic E-state index is 11.8. The summed E-state index contributed by atoms with van der Waals surface area (Å²) >= 11 is 2.53. The van der Waals surface area contributed by atoms with Crippen LogP contribution in [0.25, 0.3) is 0 Å². The monoisotopic (exact) mass is 271 g/mol. The molecular weight excluding hydrogens is 258 g/mol. The number of anilines is 1. The van der Waals surface area contributed by atoms with Gasteiger partial charge in [-0.05, 0) is 12.8 Å². The van der Waals surface area contributed by atoms with Gasteiger partial charge in [0.1, 0.15) is 5.82 Å². The standard InChI is InChI=1S/C10H13N3O2S2/c1-6-11-10(17-12-6)13-4-8(3-9(13)15)5-16-7(2)14/h8H,3-5H2,1-2H3. The summed E-state index contributed by atoms with van der Waals surface area (Å²) in [4.78, 5) is 28.6. The average Bonchev–Trinajstić information content (AvgIpc) is 2.82. The molecule has 17 heavy (non-hydrogen) atoms. The van der Waals surface area contributed by atoms with Crippen molar-refractivity contribution in [3.8, 4) is 0 Å². The minimum atomic E-state index is 0.0790. The van der Waals surface area contributed by atoms with Crippen LogP contribution < -0.4 is 4.90 Å². The average molecular weight is 271 g/mol. The molecule has 1 aromatic rings. The quantitative estimate of drug-likeness (QED) is 0.833. The van der Waals surface area contributed by atoms with Gasteiger partial charge in [0.25, 0.3) is 0 Å². The summed E-state index contributed by atoms with van der Waals surface area (Å²) in [6.07, 6.45) is 0.499. The third kappa shape index (κ3) is 3.04. The zero-order valence-electron chi connectivity index (χ0n) is 9.67. The number of hydrogen-bond acceptors (Lipinski definition) is 6. The van der Waals surface area contributed by atoms with Gasteiger partial charge in [0.15, 0.2) is 5.12 Å². The smallest absolute Gasteiger partial charge is 0.229 e. The fourth-order valence-electron chi connectivity index (χ4n) is 1.71. The number of rotatable bonds is 3. The fraction of sp³-hybridized carbons (Fsp3) is 0.600. The van der Waals surface area contributed by atoms with E-state index in [1.807, 2.05) is 6.92 Å². The van der Waals surface area contributed by atoms with Crippen LogP contribution in [0, 0.1) is 12.8 Å². The van der Waals surface area contributed by atoms with Crippen molar-refractivity contribution in [3.63, 3.8) is 0 Å². The Balaban J connectivity index is 1.98. The Hall–Kier alpha value is -0.950. The maximum absolute atomic E-state index is 11.8. The Bertz CT molecular complexity index is 447. The molecule has 0 saturated carbocycles. The van der Waals surface area contributed by atoms with Gasteiger partial charge in [0, 0.05) is 37.2 Å². The summed E-state index contributed by atoms with van der Waals surface area (Å²) in [7, 11) is 0. The lowest BCUT2D eigenvalue weighted by Crippen LogP contribution is -2.24. The van der Waals surface area contributed by atoms with E-state index in [9.17, 15) is 9.59 Å². The SMILES string of the molecule is CC(=O)SCC1CC(=O)N(c2nc(C)ns2)C1. The van der Waals surface area contributed by atoms with E-state index >= 15 is 0 Å². The van der Waals surface area contributed by atoms with E-state index in [0.29, 0.717) is 29.7 Å². The van der Waals surface area contributed by atoms with Gasteiger partial charge >= 0.3 is 0 Å². The first kappa shape index (κ1) is 12.5. The first-order valence-corrected chi connectivity index (χ1v) is 7.06. The molecular formula is C10H13N3O2S2. The number of amides is 1. The molecule has 1 amide bonds. The van der Waals surface area contributed by atoms with E-state index in [-0.39, 0.29) is 16.9 Å². The highest BCUT2D eigenvalue weighted by molar-refractivity contribution is 8.13.